The third kappa shape index (κ3) is 4.77. The third-order valence-electron chi connectivity index (χ3n) is 5.99. The second kappa shape index (κ2) is 9.61. The normalized spacial score (nSPS) is 13.6. The van der Waals surface area contributed by atoms with Gasteiger partial charge in [-0.1, -0.05) is 59.6 Å². The van der Waals surface area contributed by atoms with Crippen LogP contribution in [-0.4, -0.2) is 40.1 Å². The number of carbonyl (C=O) groups is 4. The molecule has 0 fully saturated rings. The highest BCUT2D eigenvalue weighted by atomic mass is 35.5. The number of ketones is 1. The number of carboxylic acid groups (broad SMARTS) is 1. The lowest BCUT2D eigenvalue weighted by atomic mass is 9.94. The molecule has 0 aromatic heterocycles. The van der Waals surface area contributed by atoms with Gasteiger partial charge in [0.25, 0.3) is 11.8 Å². The smallest absolute Gasteiger partial charge is 0.307 e. The van der Waals surface area contributed by atoms with Gasteiger partial charge in [0.1, 0.15) is 0 Å². The Labute approximate surface area is 201 Å². The summed E-state index contributed by atoms with van der Waals surface area (Å²) < 4.78 is 0. The number of nitrogens with zero attached hydrogens (tertiary/aromatic N) is 1. The number of benzene rings is 3. The first-order chi connectivity index (χ1) is 16.2. The van der Waals surface area contributed by atoms with E-state index in [-0.39, 0.29) is 25.2 Å². The van der Waals surface area contributed by atoms with Crippen LogP contribution in [-0.2, 0) is 4.79 Å². The van der Waals surface area contributed by atoms with Crippen molar-refractivity contribution in [2.24, 2.45) is 5.92 Å². The van der Waals surface area contributed by atoms with Crippen LogP contribution in [0, 0.1) is 12.8 Å². The summed E-state index contributed by atoms with van der Waals surface area (Å²) in [4.78, 5) is 50.9. The van der Waals surface area contributed by atoms with Crippen molar-refractivity contribution in [3.8, 4) is 11.1 Å². The van der Waals surface area contributed by atoms with Crippen LogP contribution in [0.2, 0.25) is 5.02 Å². The third-order valence-corrected chi connectivity index (χ3v) is 6.24. The van der Waals surface area contributed by atoms with Crippen LogP contribution >= 0.6 is 11.6 Å². The fourth-order valence-electron chi connectivity index (χ4n) is 4.04. The molecule has 3 aromatic rings. The zero-order chi connectivity index (χ0) is 24.4. The van der Waals surface area contributed by atoms with E-state index in [1.165, 1.54) is 0 Å². The molecule has 7 heteroatoms. The molecule has 1 aliphatic rings. The Hall–Kier alpha value is -3.77. The molecule has 1 N–H and O–H groups in total. The molecule has 2 amide bonds. The molecule has 0 bridgehead atoms. The predicted molar refractivity (Wildman–Crippen MR) is 128 cm³/mol. The minimum atomic E-state index is -1.14. The number of fused-ring (bicyclic) bond motifs is 1. The summed E-state index contributed by atoms with van der Waals surface area (Å²) in [5.41, 5.74) is 3.76. The maximum absolute atomic E-state index is 12.8. The molecule has 0 spiro atoms. The van der Waals surface area contributed by atoms with E-state index in [1.54, 1.807) is 54.6 Å². The van der Waals surface area contributed by atoms with Crippen LogP contribution in [0.15, 0.2) is 66.7 Å². The zero-order valence-electron chi connectivity index (χ0n) is 18.5. The Morgan fingerprint density at radius 1 is 0.882 bits per heavy atom. The Morgan fingerprint density at radius 3 is 2.09 bits per heavy atom. The molecule has 1 aliphatic heterocycles. The van der Waals surface area contributed by atoms with Gasteiger partial charge >= 0.3 is 5.97 Å². The van der Waals surface area contributed by atoms with E-state index in [4.69, 9.17) is 11.6 Å². The average molecular weight is 476 g/mol. The minimum absolute atomic E-state index is 0.00557. The van der Waals surface area contributed by atoms with Crippen molar-refractivity contribution >= 4 is 35.2 Å². The lowest BCUT2D eigenvalue weighted by Gasteiger charge is -2.17. The number of hydrogen-bond donors (Lipinski definition) is 1. The van der Waals surface area contributed by atoms with E-state index in [9.17, 15) is 24.3 Å². The summed E-state index contributed by atoms with van der Waals surface area (Å²) in [6.07, 6.45) is -0.230. The monoisotopic (exact) mass is 475 g/mol. The Bertz CT molecular complexity index is 1280. The molecule has 1 atom stereocenters. The second-order valence-electron chi connectivity index (χ2n) is 8.35. The van der Waals surface area contributed by atoms with Gasteiger partial charge in [0.15, 0.2) is 5.78 Å². The van der Waals surface area contributed by atoms with Crippen molar-refractivity contribution in [3.63, 3.8) is 0 Å². The minimum Gasteiger partial charge on any atom is -0.481 e. The molecule has 3 aromatic carbocycles. The van der Waals surface area contributed by atoms with Crippen molar-refractivity contribution in [1.29, 1.82) is 0 Å². The number of Topliss-reactive ketones (excluding diaryl/α,β-unsaturated/α-hetero) is 1. The zero-order valence-corrected chi connectivity index (χ0v) is 19.2. The first-order valence-electron chi connectivity index (χ1n) is 10.8. The van der Waals surface area contributed by atoms with Crippen molar-refractivity contribution in [2.45, 2.75) is 19.8 Å². The SMILES string of the molecule is Cc1ccc2c(c1)C(=O)N(CCC(CC(=O)c1ccc(-c3ccc(Cl)cc3)cc1)C(=O)O)C2=O. The number of rotatable bonds is 8. The van der Waals surface area contributed by atoms with Crippen LogP contribution in [0.4, 0.5) is 0 Å². The summed E-state index contributed by atoms with van der Waals surface area (Å²) in [6.45, 7) is 1.76. The molecule has 34 heavy (non-hydrogen) atoms. The quantitative estimate of drug-likeness (QED) is 0.353. The maximum atomic E-state index is 12.8. The summed E-state index contributed by atoms with van der Waals surface area (Å²) in [7, 11) is 0. The maximum Gasteiger partial charge on any atom is 0.307 e. The largest absolute Gasteiger partial charge is 0.481 e. The van der Waals surface area contributed by atoms with Gasteiger partial charge in [-0.2, -0.15) is 0 Å². The van der Waals surface area contributed by atoms with Crippen LogP contribution < -0.4 is 0 Å². The van der Waals surface area contributed by atoms with Crippen LogP contribution in [0.1, 0.15) is 49.5 Å². The van der Waals surface area contributed by atoms with Gasteiger partial charge in [-0.3, -0.25) is 24.1 Å². The van der Waals surface area contributed by atoms with Gasteiger partial charge < -0.3 is 5.11 Å². The number of carbonyl (C=O) groups excluding carboxylic acids is 3. The number of carboxylic acids is 1. The highest BCUT2D eigenvalue weighted by Crippen LogP contribution is 2.26. The van der Waals surface area contributed by atoms with Gasteiger partial charge in [-0.25, -0.2) is 0 Å². The molecular weight excluding hydrogens is 454 g/mol. The van der Waals surface area contributed by atoms with Gasteiger partial charge in [0.05, 0.1) is 17.0 Å². The standard InChI is InChI=1S/C27H22ClNO5/c1-16-2-11-22-23(14-16)26(32)29(25(22)31)13-12-20(27(33)34)15-24(30)19-5-3-17(4-6-19)18-7-9-21(28)10-8-18/h2-11,14,20H,12-13,15H2,1H3,(H,33,34). The number of imide groups is 1. The fourth-order valence-corrected chi connectivity index (χ4v) is 4.16. The van der Waals surface area contributed by atoms with Crippen molar-refractivity contribution in [2.75, 3.05) is 6.54 Å². The van der Waals surface area contributed by atoms with Crippen LogP contribution in [0.25, 0.3) is 11.1 Å². The Morgan fingerprint density at radius 2 is 1.47 bits per heavy atom. The van der Waals surface area contributed by atoms with Gasteiger partial charge in [-0.05, 0) is 48.7 Å². The molecule has 6 nitrogen and oxygen atoms in total. The molecule has 1 unspecified atom stereocenters. The molecule has 4 rings (SSSR count). The molecule has 0 radical (unpaired) electrons. The molecule has 0 aliphatic carbocycles. The van der Waals surface area contributed by atoms with Crippen LogP contribution in [0.5, 0.6) is 0 Å². The summed E-state index contributed by atoms with van der Waals surface area (Å²) in [5, 5.41) is 10.3. The Balaban J connectivity index is 1.41. The van der Waals surface area contributed by atoms with Crippen LogP contribution in [0.3, 0.4) is 0 Å². The summed E-state index contributed by atoms with van der Waals surface area (Å²) in [5.74, 6) is -3.34. The lowest BCUT2D eigenvalue weighted by molar-refractivity contribution is -0.142. The predicted octanol–water partition coefficient (Wildman–Crippen LogP) is 5.28. The van der Waals surface area contributed by atoms with Gasteiger partial charge in [0, 0.05) is 23.6 Å². The molecule has 0 saturated heterocycles. The van der Waals surface area contributed by atoms with E-state index in [2.05, 4.69) is 0 Å². The van der Waals surface area contributed by atoms with Gasteiger partial charge in [-0.15, -0.1) is 0 Å². The number of halogens is 1. The first kappa shape index (κ1) is 23.4. The van der Waals surface area contributed by atoms with Crippen molar-refractivity contribution in [1.82, 2.24) is 4.90 Å². The topological polar surface area (TPSA) is 91.8 Å². The van der Waals surface area contributed by atoms with Crippen molar-refractivity contribution in [3.05, 3.63) is 94.0 Å². The van der Waals surface area contributed by atoms with Crippen molar-refractivity contribution < 1.29 is 24.3 Å². The number of aryl methyl sites for hydroxylation is 1. The average Bonchev–Trinajstić information content (AvgIpc) is 3.05. The number of hydrogen-bond acceptors (Lipinski definition) is 4. The van der Waals surface area contributed by atoms with E-state index < -0.39 is 23.7 Å². The molecule has 0 saturated carbocycles. The van der Waals surface area contributed by atoms with E-state index in [1.807, 2.05) is 19.1 Å². The number of amides is 2. The first-order valence-corrected chi connectivity index (χ1v) is 11.2. The lowest BCUT2D eigenvalue weighted by Crippen LogP contribution is -2.33. The molecular formula is C27H22ClNO5. The van der Waals surface area contributed by atoms with E-state index >= 15 is 0 Å². The van der Waals surface area contributed by atoms with E-state index in [0.29, 0.717) is 21.7 Å². The summed E-state index contributed by atoms with van der Waals surface area (Å²) >= 11 is 5.92. The van der Waals surface area contributed by atoms with Gasteiger partial charge in [0.2, 0.25) is 0 Å². The highest BCUT2D eigenvalue weighted by molar-refractivity contribution is 6.30. The van der Waals surface area contributed by atoms with E-state index in [0.717, 1.165) is 21.6 Å². The molecule has 172 valence electrons. The Kier molecular flexibility index (Phi) is 6.61. The fraction of sp³-hybridized carbons (Fsp3) is 0.185. The second-order valence-corrected chi connectivity index (χ2v) is 8.78. The number of aliphatic carboxylic acids is 1. The molecule has 1 heterocycles. The highest BCUT2D eigenvalue weighted by Gasteiger charge is 2.36. The summed E-state index contributed by atoms with van der Waals surface area (Å²) in [6, 6.07) is 19.3.